The van der Waals surface area contributed by atoms with Crippen molar-refractivity contribution >= 4 is 0 Å². The summed E-state index contributed by atoms with van der Waals surface area (Å²) in [6.45, 7) is 4.03. The first kappa shape index (κ1) is 20.7. The van der Waals surface area contributed by atoms with Crippen LogP contribution in [0.1, 0.15) is 103 Å². The van der Waals surface area contributed by atoms with Crippen molar-refractivity contribution in [2.24, 2.45) is 0 Å². The molecule has 2 nitrogen and oxygen atoms in total. The van der Waals surface area contributed by atoms with E-state index in [0.29, 0.717) is 0 Å². The SMILES string of the molecule is CCCC/C=C\CCCCCCCCCCOC1CCCCO1. The summed E-state index contributed by atoms with van der Waals surface area (Å²) in [6.07, 6.45) is 24.5. The van der Waals surface area contributed by atoms with Crippen molar-refractivity contribution in [1.82, 2.24) is 0 Å². The molecule has 2 heteroatoms. The lowest BCUT2D eigenvalue weighted by Gasteiger charge is -2.22. The van der Waals surface area contributed by atoms with Crippen LogP contribution >= 0.6 is 0 Å². The zero-order valence-corrected chi connectivity index (χ0v) is 15.6. The zero-order valence-electron chi connectivity index (χ0n) is 15.6. The van der Waals surface area contributed by atoms with Crippen LogP contribution in [0.5, 0.6) is 0 Å². The molecule has 0 spiro atoms. The number of rotatable bonds is 15. The molecule has 0 aromatic carbocycles. The van der Waals surface area contributed by atoms with Crippen LogP contribution in [0.3, 0.4) is 0 Å². The Morgan fingerprint density at radius 1 is 0.826 bits per heavy atom. The fourth-order valence-electron chi connectivity index (χ4n) is 3.04. The minimum absolute atomic E-state index is 0.0970. The molecule has 1 aliphatic heterocycles. The summed E-state index contributed by atoms with van der Waals surface area (Å²) in [5, 5.41) is 0. The molecule has 23 heavy (non-hydrogen) atoms. The number of ether oxygens (including phenoxy) is 2. The molecule has 136 valence electrons. The summed E-state index contributed by atoms with van der Waals surface area (Å²) < 4.78 is 11.3. The molecule has 0 aromatic rings. The maximum absolute atomic E-state index is 5.76. The van der Waals surface area contributed by atoms with Gasteiger partial charge in [0, 0.05) is 13.2 Å². The number of allylic oxidation sites excluding steroid dienone is 2. The summed E-state index contributed by atoms with van der Waals surface area (Å²) in [5.41, 5.74) is 0. The first-order chi connectivity index (χ1) is 11.4. The third-order valence-electron chi connectivity index (χ3n) is 4.60. The minimum atomic E-state index is 0.0970. The van der Waals surface area contributed by atoms with E-state index in [-0.39, 0.29) is 6.29 Å². The average Bonchev–Trinajstić information content (AvgIpc) is 2.59. The Balaban J connectivity index is 1.70. The predicted octanol–water partition coefficient (Wildman–Crippen LogP) is 6.79. The van der Waals surface area contributed by atoms with Crippen LogP contribution in [-0.4, -0.2) is 19.5 Å². The molecule has 0 aliphatic carbocycles. The minimum Gasteiger partial charge on any atom is -0.353 e. The maximum atomic E-state index is 5.76. The van der Waals surface area contributed by atoms with Crippen molar-refractivity contribution in [3.8, 4) is 0 Å². The van der Waals surface area contributed by atoms with E-state index < -0.39 is 0 Å². The topological polar surface area (TPSA) is 18.5 Å². The van der Waals surface area contributed by atoms with Gasteiger partial charge in [0.25, 0.3) is 0 Å². The van der Waals surface area contributed by atoms with Crippen LogP contribution in [0.15, 0.2) is 12.2 Å². The maximum Gasteiger partial charge on any atom is 0.157 e. The number of unbranched alkanes of at least 4 members (excludes halogenated alkanes) is 10. The Kier molecular flexibility index (Phi) is 14.9. The van der Waals surface area contributed by atoms with Crippen LogP contribution in [0, 0.1) is 0 Å². The highest BCUT2D eigenvalue weighted by atomic mass is 16.7. The monoisotopic (exact) mass is 324 g/mol. The fraction of sp³-hybridized carbons (Fsp3) is 0.905. The molecular formula is C21H40O2. The molecule has 1 unspecified atom stereocenters. The third-order valence-corrected chi connectivity index (χ3v) is 4.60. The second kappa shape index (κ2) is 16.5. The van der Waals surface area contributed by atoms with Crippen LogP contribution in [0.4, 0.5) is 0 Å². The van der Waals surface area contributed by atoms with Gasteiger partial charge >= 0.3 is 0 Å². The molecular weight excluding hydrogens is 284 g/mol. The Morgan fingerprint density at radius 2 is 1.48 bits per heavy atom. The van der Waals surface area contributed by atoms with Gasteiger partial charge in [-0.2, -0.15) is 0 Å². The molecule has 1 saturated heterocycles. The third kappa shape index (κ3) is 13.8. The molecule has 1 heterocycles. The van der Waals surface area contributed by atoms with Gasteiger partial charge in [-0.3, -0.25) is 0 Å². The number of hydrogen-bond donors (Lipinski definition) is 0. The lowest BCUT2D eigenvalue weighted by Crippen LogP contribution is -2.22. The summed E-state index contributed by atoms with van der Waals surface area (Å²) in [7, 11) is 0. The molecule has 1 aliphatic rings. The second-order valence-electron chi connectivity index (χ2n) is 6.90. The molecule has 0 N–H and O–H groups in total. The molecule has 1 rings (SSSR count). The van der Waals surface area contributed by atoms with Gasteiger partial charge in [-0.15, -0.1) is 0 Å². The van der Waals surface area contributed by atoms with Crippen molar-refractivity contribution in [3.05, 3.63) is 12.2 Å². The van der Waals surface area contributed by atoms with Crippen molar-refractivity contribution in [2.45, 2.75) is 110 Å². The van der Waals surface area contributed by atoms with Crippen LogP contribution < -0.4 is 0 Å². The molecule has 1 fully saturated rings. The van der Waals surface area contributed by atoms with E-state index in [9.17, 15) is 0 Å². The Hall–Kier alpha value is -0.340. The quantitative estimate of drug-likeness (QED) is 0.244. The van der Waals surface area contributed by atoms with E-state index in [1.807, 2.05) is 0 Å². The smallest absolute Gasteiger partial charge is 0.157 e. The lowest BCUT2D eigenvalue weighted by atomic mass is 10.1. The van der Waals surface area contributed by atoms with Crippen molar-refractivity contribution in [2.75, 3.05) is 13.2 Å². The largest absolute Gasteiger partial charge is 0.353 e. The van der Waals surface area contributed by atoms with E-state index in [1.165, 1.54) is 89.9 Å². The van der Waals surface area contributed by atoms with Crippen molar-refractivity contribution in [3.63, 3.8) is 0 Å². The van der Waals surface area contributed by atoms with E-state index in [1.54, 1.807) is 0 Å². The predicted molar refractivity (Wildman–Crippen MR) is 99.8 cm³/mol. The average molecular weight is 325 g/mol. The lowest BCUT2D eigenvalue weighted by molar-refractivity contribution is -0.162. The van der Waals surface area contributed by atoms with E-state index >= 15 is 0 Å². The van der Waals surface area contributed by atoms with Gasteiger partial charge in [-0.25, -0.2) is 0 Å². The zero-order chi connectivity index (χ0) is 16.4. The molecule has 0 aromatic heterocycles. The van der Waals surface area contributed by atoms with Crippen molar-refractivity contribution < 1.29 is 9.47 Å². The van der Waals surface area contributed by atoms with Gasteiger partial charge in [0.15, 0.2) is 6.29 Å². The first-order valence-electron chi connectivity index (χ1n) is 10.3. The highest BCUT2D eigenvalue weighted by Crippen LogP contribution is 2.15. The molecule has 1 atom stereocenters. The Bertz CT molecular complexity index is 257. The summed E-state index contributed by atoms with van der Waals surface area (Å²) in [4.78, 5) is 0. The second-order valence-corrected chi connectivity index (χ2v) is 6.90. The molecule has 0 radical (unpaired) electrons. The van der Waals surface area contributed by atoms with Crippen LogP contribution in [0.25, 0.3) is 0 Å². The Morgan fingerprint density at radius 3 is 2.13 bits per heavy atom. The van der Waals surface area contributed by atoms with Gasteiger partial charge in [0.2, 0.25) is 0 Å². The molecule has 0 saturated carbocycles. The highest BCUT2D eigenvalue weighted by Gasteiger charge is 2.13. The van der Waals surface area contributed by atoms with Crippen LogP contribution in [-0.2, 0) is 9.47 Å². The van der Waals surface area contributed by atoms with Gasteiger partial charge < -0.3 is 9.47 Å². The van der Waals surface area contributed by atoms with E-state index in [0.717, 1.165) is 19.6 Å². The van der Waals surface area contributed by atoms with Gasteiger partial charge in [0.1, 0.15) is 0 Å². The van der Waals surface area contributed by atoms with E-state index in [4.69, 9.17) is 9.47 Å². The first-order valence-corrected chi connectivity index (χ1v) is 10.3. The van der Waals surface area contributed by atoms with Gasteiger partial charge in [-0.05, 0) is 44.9 Å². The molecule has 0 bridgehead atoms. The van der Waals surface area contributed by atoms with Gasteiger partial charge in [0.05, 0.1) is 0 Å². The summed E-state index contributed by atoms with van der Waals surface area (Å²) in [5.74, 6) is 0. The van der Waals surface area contributed by atoms with E-state index in [2.05, 4.69) is 19.1 Å². The standard InChI is InChI=1S/C21H40O2/c1-2-3-4-5-6-7-8-9-10-11-12-13-14-16-19-22-21-18-15-17-20-23-21/h5-6,21H,2-4,7-20H2,1H3/b6-5-. The Labute approximate surface area is 145 Å². The fourth-order valence-corrected chi connectivity index (χ4v) is 3.04. The van der Waals surface area contributed by atoms with Crippen molar-refractivity contribution in [1.29, 1.82) is 0 Å². The van der Waals surface area contributed by atoms with Gasteiger partial charge in [-0.1, -0.05) is 70.4 Å². The summed E-state index contributed by atoms with van der Waals surface area (Å²) in [6, 6.07) is 0. The molecule has 0 amide bonds. The summed E-state index contributed by atoms with van der Waals surface area (Å²) >= 11 is 0. The van der Waals surface area contributed by atoms with Crippen LogP contribution in [0.2, 0.25) is 0 Å². The highest BCUT2D eigenvalue weighted by molar-refractivity contribution is 4.81. The normalized spacial score (nSPS) is 18.7. The number of hydrogen-bond acceptors (Lipinski definition) is 2.